The van der Waals surface area contributed by atoms with E-state index < -0.39 is 0 Å². The van der Waals surface area contributed by atoms with Crippen molar-refractivity contribution in [2.45, 2.75) is 43.9 Å². The molecule has 1 saturated carbocycles. The third-order valence-corrected chi connectivity index (χ3v) is 5.21. The molecule has 1 aliphatic carbocycles. The van der Waals surface area contributed by atoms with E-state index in [1.807, 2.05) is 0 Å². The second kappa shape index (κ2) is 5.39. The normalized spacial score (nSPS) is 31.7. The van der Waals surface area contributed by atoms with Gasteiger partial charge in [-0.15, -0.1) is 5.10 Å². The summed E-state index contributed by atoms with van der Waals surface area (Å²) < 4.78 is 3.93. The molecule has 3 atom stereocenters. The van der Waals surface area contributed by atoms with E-state index >= 15 is 0 Å². The highest BCUT2D eigenvalue weighted by atomic mass is 79.9. The minimum atomic E-state index is 0.682. The molecular weight excluding hydrogens is 272 g/mol. The molecule has 1 aliphatic rings. The van der Waals surface area contributed by atoms with Crippen molar-refractivity contribution in [1.82, 2.24) is 9.59 Å². The maximum atomic E-state index is 4.14. The third-order valence-electron chi connectivity index (χ3n) is 3.45. The Morgan fingerprint density at radius 3 is 3.07 bits per heavy atom. The fourth-order valence-electron chi connectivity index (χ4n) is 2.45. The average Bonchev–Trinajstić information content (AvgIpc) is 2.74. The van der Waals surface area contributed by atoms with Gasteiger partial charge < -0.3 is 0 Å². The fraction of sp³-hybridized carbons (Fsp3) is 0.818. The topological polar surface area (TPSA) is 25.8 Å². The van der Waals surface area contributed by atoms with Gasteiger partial charge in [-0.3, -0.25) is 0 Å². The molecule has 84 valence electrons. The van der Waals surface area contributed by atoms with Crippen LogP contribution in [0.4, 0.5) is 0 Å². The van der Waals surface area contributed by atoms with Crippen LogP contribution in [0, 0.1) is 11.8 Å². The SMILES string of the molecule is CCC1CCC(Br)C(Cc2csnn2)C1. The van der Waals surface area contributed by atoms with Crippen LogP contribution in [0.5, 0.6) is 0 Å². The molecule has 2 rings (SSSR count). The van der Waals surface area contributed by atoms with Crippen molar-refractivity contribution in [3.05, 3.63) is 11.1 Å². The van der Waals surface area contributed by atoms with E-state index in [9.17, 15) is 0 Å². The lowest BCUT2D eigenvalue weighted by Crippen LogP contribution is -2.26. The van der Waals surface area contributed by atoms with E-state index in [1.165, 1.54) is 42.9 Å². The Labute approximate surface area is 104 Å². The summed E-state index contributed by atoms with van der Waals surface area (Å²) in [5, 5.41) is 6.22. The third kappa shape index (κ3) is 3.00. The molecule has 15 heavy (non-hydrogen) atoms. The van der Waals surface area contributed by atoms with Gasteiger partial charge in [-0.1, -0.05) is 33.8 Å². The second-order valence-electron chi connectivity index (χ2n) is 4.46. The van der Waals surface area contributed by atoms with Crippen LogP contribution in [0.2, 0.25) is 0 Å². The molecule has 0 amide bonds. The number of rotatable bonds is 3. The van der Waals surface area contributed by atoms with Gasteiger partial charge in [0.1, 0.15) is 0 Å². The van der Waals surface area contributed by atoms with Crippen LogP contribution in [-0.4, -0.2) is 14.4 Å². The number of aromatic nitrogens is 2. The first kappa shape index (κ1) is 11.5. The van der Waals surface area contributed by atoms with Gasteiger partial charge in [0, 0.05) is 10.2 Å². The predicted molar refractivity (Wildman–Crippen MR) is 67.5 cm³/mol. The van der Waals surface area contributed by atoms with Gasteiger partial charge in [-0.2, -0.15) is 0 Å². The Morgan fingerprint density at radius 2 is 2.40 bits per heavy atom. The lowest BCUT2D eigenvalue weighted by atomic mass is 9.78. The first-order valence-corrected chi connectivity index (χ1v) is 7.44. The molecule has 1 aromatic heterocycles. The molecule has 0 saturated heterocycles. The van der Waals surface area contributed by atoms with Crippen molar-refractivity contribution in [3.63, 3.8) is 0 Å². The van der Waals surface area contributed by atoms with Crippen molar-refractivity contribution in [2.75, 3.05) is 0 Å². The summed E-state index contributed by atoms with van der Waals surface area (Å²) in [4.78, 5) is 0.682. The smallest absolute Gasteiger partial charge is 0.0758 e. The number of halogens is 1. The van der Waals surface area contributed by atoms with E-state index in [0.29, 0.717) is 4.83 Å². The number of hydrogen-bond donors (Lipinski definition) is 0. The van der Waals surface area contributed by atoms with Gasteiger partial charge in [0.2, 0.25) is 0 Å². The lowest BCUT2D eigenvalue weighted by molar-refractivity contribution is 0.270. The van der Waals surface area contributed by atoms with E-state index in [1.54, 1.807) is 0 Å². The molecule has 0 aliphatic heterocycles. The number of alkyl halides is 1. The minimum absolute atomic E-state index is 0.682. The predicted octanol–water partition coefficient (Wildman–Crippen LogP) is 3.67. The molecule has 0 bridgehead atoms. The fourth-order valence-corrected chi connectivity index (χ4v) is 3.58. The zero-order valence-electron chi connectivity index (χ0n) is 9.03. The maximum Gasteiger partial charge on any atom is 0.0758 e. The van der Waals surface area contributed by atoms with Crippen molar-refractivity contribution in [3.8, 4) is 0 Å². The number of hydrogen-bond acceptors (Lipinski definition) is 3. The zero-order chi connectivity index (χ0) is 10.7. The summed E-state index contributed by atoms with van der Waals surface area (Å²) >= 11 is 5.27. The maximum absolute atomic E-state index is 4.14. The first-order valence-electron chi connectivity index (χ1n) is 5.69. The molecule has 1 fully saturated rings. The van der Waals surface area contributed by atoms with Crippen molar-refractivity contribution >= 4 is 27.5 Å². The van der Waals surface area contributed by atoms with Gasteiger partial charge >= 0.3 is 0 Å². The first-order chi connectivity index (χ1) is 7.29. The van der Waals surface area contributed by atoms with Crippen LogP contribution in [0.25, 0.3) is 0 Å². The highest BCUT2D eigenvalue weighted by molar-refractivity contribution is 9.09. The van der Waals surface area contributed by atoms with E-state index in [0.717, 1.165) is 18.3 Å². The molecule has 0 spiro atoms. The zero-order valence-corrected chi connectivity index (χ0v) is 11.4. The molecule has 0 N–H and O–H groups in total. The Bertz CT molecular complexity index is 289. The molecule has 3 unspecified atom stereocenters. The van der Waals surface area contributed by atoms with Crippen LogP contribution >= 0.6 is 27.5 Å². The van der Waals surface area contributed by atoms with Gasteiger partial charge in [0.05, 0.1) is 5.69 Å². The minimum Gasteiger partial charge on any atom is -0.143 e. The van der Waals surface area contributed by atoms with Gasteiger partial charge in [0.15, 0.2) is 0 Å². The monoisotopic (exact) mass is 288 g/mol. The Kier molecular flexibility index (Phi) is 4.14. The summed E-state index contributed by atoms with van der Waals surface area (Å²) in [6, 6.07) is 0. The summed E-state index contributed by atoms with van der Waals surface area (Å²) in [5.41, 5.74) is 1.17. The molecule has 1 heterocycles. The average molecular weight is 289 g/mol. The highest BCUT2D eigenvalue weighted by Gasteiger charge is 2.28. The Balaban J connectivity index is 1.94. The summed E-state index contributed by atoms with van der Waals surface area (Å²) in [6.45, 7) is 2.31. The second-order valence-corrected chi connectivity index (χ2v) is 6.25. The summed E-state index contributed by atoms with van der Waals surface area (Å²) in [5.74, 6) is 1.68. The molecule has 1 aromatic rings. The van der Waals surface area contributed by atoms with Gasteiger partial charge in [0.25, 0.3) is 0 Å². The lowest BCUT2D eigenvalue weighted by Gasteiger charge is -2.32. The van der Waals surface area contributed by atoms with E-state index in [-0.39, 0.29) is 0 Å². The van der Waals surface area contributed by atoms with Crippen molar-refractivity contribution < 1.29 is 0 Å². The Hall–Kier alpha value is 0.0400. The van der Waals surface area contributed by atoms with Crippen LogP contribution in [0.15, 0.2) is 5.38 Å². The molecule has 0 aromatic carbocycles. The molecule has 2 nitrogen and oxygen atoms in total. The number of nitrogens with zero attached hydrogens (tertiary/aromatic N) is 2. The van der Waals surface area contributed by atoms with Gasteiger partial charge in [-0.25, -0.2) is 0 Å². The van der Waals surface area contributed by atoms with Crippen molar-refractivity contribution in [1.29, 1.82) is 0 Å². The standard InChI is InChI=1S/C11H17BrN2S/c1-2-8-3-4-11(12)9(5-8)6-10-7-15-14-13-10/h7-9,11H,2-6H2,1H3. The highest BCUT2D eigenvalue weighted by Crippen LogP contribution is 2.36. The van der Waals surface area contributed by atoms with Crippen molar-refractivity contribution in [2.24, 2.45) is 11.8 Å². The molecule has 4 heteroatoms. The quantitative estimate of drug-likeness (QED) is 0.793. The van der Waals surface area contributed by atoms with E-state index in [4.69, 9.17) is 0 Å². The summed E-state index contributed by atoms with van der Waals surface area (Å²) in [6.07, 6.45) is 6.48. The molecular formula is C11H17BrN2S. The molecule has 0 radical (unpaired) electrons. The van der Waals surface area contributed by atoms with Crippen LogP contribution in [0.1, 0.15) is 38.3 Å². The van der Waals surface area contributed by atoms with Crippen LogP contribution in [-0.2, 0) is 6.42 Å². The summed E-state index contributed by atoms with van der Waals surface area (Å²) in [7, 11) is 0. The van der Waals surface area contributed by atoms with E-state index in [2.05, 4.69) is 37.8 Å². The largest absolute Gasteiger partial charge is 0.143 e. The van der Waals surface area contributed by atoms with Crippen LogP contribution < -0.4 is 0 Å². The van der Waals surface area contributed by atoms with Gasteiger partial charge in [-0.05, 0) is 49.1 Å². The van der Waals surface area contributed by atoms with Crippen LogP contribution in [0.3, 0.4) is 0 Å². The Morgan fingerprint density at radius 1 is 1.53 bits per heavy atom.